The minimum atomic E-state index is -0.251. The fourth-order valence-corrected chi connectivity index (χ4v) is 3.60. The first-order valence-corrected chi connectivity index (χ1v) is 9.24. The Hall–Kier alpha value is -2.40. The average molecular weight is 390 g/mol. The molecule has 0 bridgehead atoms. The number of rotatable bonds is 5. The minimum absolute atomic E-state index is 0.0395. The zero-order chi connectivity index (χ0) is 19.6. The van der Waals surface area contributed by atoms with Crippen LogP contribution in [0.15, 0.2) is 30.3 Å². The summed E-state index contributed by atoms with van der Waals surface area (Å²) in [6.45, 7) is 4.31. The fraction of sp³-hybridized carbons (Fsp3) is 0.381. The lowest BCUT2D eigenvalue weighted by molar-refractivity contribution is -0.126. The summed E-state index contributed by atoms with van der Waals surface area (Å²) in [7, 11) is 3.21. The van der Waals surface area contributed by atoms with E-state index >= 15 is 0 Å². The van der Waals surface area contributed by atoms with E-state index in [4.69, 9.17) is 25.8 Å². The summed E-state index contributed by atoms with van der Waals surface area (Å²) in [4.78, 5) is 12.8. The second-order valence-electron chi connectivity index (χ2n) is 6.76. The summed E-state index contributed by atoms with van der Waals surface area (Å²) in [5, 5.41) is 3.74. The fourth-order valence-electron chi connectivity index (χ4n) is 3.40. The number of amides is 1. The largest absolute Gasteiger partial charge is 0.493 e. The Kier molecular flexibility index (Phi) is 5.80. The Bertz CT molecular complexity index is 852. The molecule has 0 saturated carbocycles. The number of benzene rings is 2. The number of aryl methyl sites for hydroxylation is 1. The Morgan fingerprint density at radius 3 is 2.63 bits per heavy atom. The zero-order valence-electron chi connectivity index (χ0n) is 16.0. The number of fused-ring (bicyclic) bond motifs is 1. The highest BCUT2D eigenvalue weighted by Crippen LogP contribution is 2.34. The highest BCUT2D eigenvalue weighted by Gasteiger charge is 2.27. The summed E-state index contributed by atoms with van der Waals surface area (Å²) >= 11 is 6.06. The number of halogens is 1. The van der Waals surface area contributed by atoms with E-state index in [0.29, 0.717) is 29.5 Å². The number of carbonyl (C=O) groups is 1. The molecule has 3 rings (SSSR count). The molecule has 0 fully saturated rings. The molecule has 1 aliphatic heterocycles. The van der Waals surface area contributed by atoms with Crippen molar-refractivity contribution in [2.45, 2.75) is 26.3 Å². The van der Waals surface area contributed by atoms with Crippen LogP contribution >= 0.6 is 11.6 Å². The molecular formula is C21H24ClNO4. The summed E-state index contributed by atoms with van der Waals surface area (Å²) in [6, 6.07) is 9.16. The van der Waals surface area contributed by atoms with Crippen LogP contribution in [-0.2, 0) is 11.2 Å². The molecule has 5 nitrogen and oxygen atoms in total. The van der Waals surface area contributed by atoms with Crippen LogP contribution in [0.3, 0.4) is 0 Å². The van der Waals surface area contributed by atoms with E-state index in [2.05, 4.69) is 5.32 Å². The molecule has 2 atom stereocenters. The molecule has 0 radical (unpaired) electrons. The molecule has 144 valence electrons. The third kappa shape index (κ3) is 4.14. The van der Waals surface area contributed by atoms with Gasteiger partial charge < -0.3 is 19.5 Å². The lowest BCUT2D eigenvalue weighted by atomic mass is 9.95. The molecule has 0 saturated heterocycles. The van der Waals surface area contributed by atoms with E-state index in [1.54, 1.807) is 20.3 Å². The first-order valence-electron chi connectivity index (χ1n) is 8.87. The van der Waals surface area contributed by atoms with Crippen LogP contribution in [0.2, 0.25) is 5.02 Å². The van der Waals surface area contributed by atoms with Gasteiger partial charge in [0.05, 0.1) is 26.2 Å². The standard InChI is InChI=1S/C21H24ClNO4/c1-12-7-19(25-3)20(26-4)10-17(12)13(2)23-21(24)15-8-14-9-16(22)5-6-18(14)27-11-15/h5-7,9-10,13,15H,8,11H2,1-4H3,(H,23,24). The highest BCUT2D eigenvalue weighted by atomic mass is 35.5. The maximum Gasteiger partial charge on any atom is 0.227 e. The van der Waals surface area contributed by atoms with Gasteiger partial charge in [-0.3, -0.25) is 4.79 Å². The van der Waals surface area contributed by atoms with Crippen molar-refractivity contribution in [3.63, 3.8) is 0 Å². The van der Waals surface area contributed by atoms with Crippen LogP contribution in [0.4, 0.5) is 0 Å². The maximum atomic E-state index is 12.8. The second kappa shape index (κ2) is 8.09. The topological polar surface area (TPSA) is 56.8 Å². The molecule has 1 aliphatic rings. The maximum absolute atomic E-state index is 12.8. The predicted molar refractivity (Wildman–Crippen MR) is 105 cm³/mol. The van der Waals surface area contributed by atoms with Gasteiger partial charge in [0.2, 0.25) is 5.91 Å². The van der Waals surface area contributed by atoms with Crippen molar-refractivity contribution >= 4 is 17.5 Å². The SMILES string of the molecule is COc1cc(C)c(C(C)NC(=O)C2COc3ccc(Cl)cc3C2)cc1OC. The number of hydrogen-bond acceptors (Lipinski definition) is 4. The Morgan fingerprint density at radius 2 is 1.93 bits per heavy atom. The zero-order valence-corrected chi connectivity index (χ0v) is 16.7. The van der Waals surface area contributed by atoms with Crippen molar-refractivity contribution in [2.24, 2.45) is 5.92 Å². The van der Waals surface area contributed by atoms with Crippen LogP contribution in [0.1, 0.15) is 29.7 Å². The Balaban J connectivity index is 1.73. The van der Waals surface area contributed by atoms with Crippen LogP contribution in [0.5, 0.6) is 17.2 Å². The molecule has 1 heterocycles. The Morgan fingerprint density at radius 1 is 1.22 bits per heavy atom. The molecule has 0 aromatic heterocycles. The highest BCUT2D eigenvalue weighted by molar-refractivity contribution is 6.30. The Labute approximate surface area is 164 Å². The van der Waals surface area contributed by atoms with E-state index in [1.165, 1.54) is 0 Å². The van der Waals surface area contributed by atoms with Gasteiger partial charge in [-0.1, -0.05) is 11.6 Å². The first-order chi connectivity index (χ1) is 12.9. The van der Waals surface area contributed by atoms with Crippen molar-refractivity contribution in [1.29, 1.82) is 0 Å². The average Bonchev–Trinajstić information content (AvgIpc) is 2.66. The van der Waals surface area contributed by atoms with Crippen molar-refractivity contribution in [3.8, 4) is 17.2 Å². The first kappa shape index (κ1) is 19.4. The van der Waals surface area contributed by atoms with Gasteiger partial charge in [0.1, 0.15) is 12.4 Å². The van der Waals surface area contributed by atoms with Crippen LogP contribution in [0.25, 0.3) is 0 Å². The van der Waals surface area contributed by atoms with Crippen molar-refractivity contribution in [3.05, 3.63) is 52.0 Å². The third-order valence-electron chi connectivity index (χ3n) is 4.90. The molecule has 2 unspecified atom stereocenters. The molecule has 1 N–H and O–H groups in total. The van der Waals surface area contributed by atoms with Gasteiger partial charge in [-0.25, -0.2) is 0 Å². The molecule has 2 aromatic carbocycles. The molecule has 0 aliphatic carbocycles. The van der Waals surface area contributed by atoms with Gasteiger partial charge in [0.25, 0.3) is 0 Å². The third-order valence-corrected chi connectivity index (χ3v) is 5.13. The van der Waals surface area contributed by atoms with E-state index in [1.807, 2.05) is 38.1 Å². The number of nitrogens with one attached hydrogen (secondary N) is 1. The van der Waals surface area contributed by atoms with Crippen molar-refractivity contribution in [1.82, 2.24) is 5.32 Å². The lowest BCUT2D eigenvalue weighted by Crippen LogP contribution is -2.38. The van der Waals surface area contributed by atoms with Gasteiger partial charge in [-0.2, -0.15) is 0 Å². The normalized spacial score (nSPS) is 16.7. The summed E-state index contributed by atoms with van der Waals surface area (Å²) in [6.07, 6.45) is 0.610. The number of methoxy groups -OCH3 is 2. The van der Waals surface area contributed by atoms with Crippen LogP contribution in [0, 0.1) is 12.8 Å². The predicted octanol–water partition coefficient (Wildman–Crippen LogP) is 4.09. The lowest BCUT2D eigenvalue weighted by Gasteiger charge is -2.27. The van der Waals surface area contributed by atoms with Crippen LogP contribution in [-0.4, -0.2) is 26.7 Å². The number of carbonyl (C=O) groups excluding carboxylic acids is 1. The summed E-state index contributed by atoms with van der Waals surface area (Å²) in [5.74, 6) is 1.82. The molecule has 6 heteroatoms. The minimum Gasteiger partial charge on any atom is -0.493 e. The number of ether oxygens (including phenoxy) is 3. The molecular weight excluding hydrogens is 366 g/mol. The van der Waals surface area contributed by atoms with Gasteiger partial charge in [-0.05, 0) is 67.3 Å². The van der Waals surface area contributed by atoms with Crippen molar-refractivity contribution in [2.75, 3.05) is 20.8 Å². The quantitative estimate of drug-likeness (QED) is 0.836. The summed E-state index contributed by atoms with van der Waals surface area (Å²) < 4.78 is 16.4. The molecule has 2 aromatic rings. The molecule has 1 amide bonds. The van der Waals surface area contributed by atoms with Gasteiger partial charge in [0.15, 0.2) is 11.5 Å². The number of hydrogen-bond donors (Lipinski definition) is 1. The van der Waals surface area contributed by atoms with Gasteiger partial charge in [0, 0.05) is 5.02 Å². The van der Waals surface area contributed by atoms with Gasteiger partial charge in [-0.15, -0.1) is 0 Å². The molecule has 27 heavy (non-hydrogen) atoms. The van der Waals surface area contributed by atoms with Crippen molar-refractivity contribution < 1.29 is 19.0 Å². The summed E-state index contributed by atoms with van der Waals surface area (Å²) in [5.41, 5.74) is 2.97. The smallest absolute Gasteiger partial charge is 0.227 e. The monoisotopic (exact) mass is 389 g/mol. The van der Waals surface area contributed by atoms with Crippen LogP contribution < -0.4 is 19.5 Å². The van der Waals surface area contributed by atoms with E-state index in [9.17, 15) is 4.79 Å². The molecule has 0 spiro atoms. The van der Waals surface area contributed by atoms with E-state index in [0.717, 1.165) is 22.4 Å². The second-order valence-corrected chi connectivity index (χ2v) is 7.19. The van der Waals surface area contributed by atoms with Gasteiger partial charge >= 0.3 is 0 Å². The van der Waals surface area contributed by atoms with E-state index < -0.39 is 0 Å². The van der Waals surface area contributed by atoms with E-state index in [-0.39, 0.29) is 17.9 Å².